The molecule has 6 heteroatoms. The summed E-state index contributed by atoms with van der Waals surface area (Å²) >= 11 is 0. The first-order valence-electron chi connectivity index (χ1n) is 7.10. The molecule has 1 heterocycles. The average Bonchev–Trinajstić information content (AvgIpc) is 2.43. The Balaban J connectivity index is 2.74. The van der Waals surface area contributed by atoms with Gasteiger partial charge >= 0.3 is 0 Å². The molecule has 0 aromatic heterocycles. The Labute approximate surface area is 121 Å². The van der Waals surface area contributed by atoms with Crippen molar-refractivity contribution in [1.29, 1.82) is 0 Å². The van der Waals surface area contributed by atoms with Crippen LogP contribution in [0.25, 0.3) is 0 Å². The maximum absolute atomic E-state index is 12.7. The second-order valence-corrected chi connectivity index (χ2v) is 5.85. The Kier molecular flexibility index (Phi) is 6.42. The summed E-state index contributed by atoms with van der Waals surface area (Å²) in [6, 6.07) is 0. The number of nitrogens with zero attached hydrogens (tertiary/aromatic N) is 2. The number of methoxy groups -OCH3 is 1. The van der Waals surface area contributed by atoms with Gasteiger partial charge in [0.1, 0.15) is 0 Å². The number of rotatable bonds is 6. The molecular weight excluding hydrogens is 258 g/mol. The van der Waals surface area contributed by atoms with E-state index in [9.17, 15) is 9.59 Å². The lowest BCUT2D eigenvalue weighted by Crippen LogP contribution is -2.53. The van der Waals surface area contributed by atoms with Crippen LogP contribution in [0.5, 0.6) is 0 Å². The highest BCUT2D eigenvalue weighted by Crippen LogP contribution is 2.27. The number of carbonyl (C=O) groups excluding carboxylic acids is 2. The minimum absolute atomic E-state index is 0.0388. The molecule has 0 bridgehead atoms. The van der Waals surface area contributed by atoms with Gasteiger partial charge in [-0.3, -0.25) is 9.59 Å². The van der Waals surface area contributed by atoms with Crippen LogP contribution in [0.15, 0.2) is 0 Å². The minimum Gasteiger partial charge on any atom is -0.383 e. The van der Waals surface area contributed by atoms with Crippen molar-refractivity contribution in [2.45, 2.75) is 19.8 Å². The van der Waals surface area contributed by atoms with E-state index in [1.165, 1.54) is 4.90 Å². The fraction of sp³-hybridized carbons (Fsp3) is 0.857. The highest BCUT2D eigenvalue weighted by molar-refractivity contribution is 5.88. The zero-order valence-electron chi connectivity index (χ0n) is 13.1. The molecule has 1 fully saturated rings. The van der Waals surface area contributed by atoms with Gasteiger partial charge in [-0.1, -0.05) is 0 Å². The van der Waals surface area contributed by atoms with Gasteiger partial charge in [0, 0.05) is 34.3 Å². The van der Waals surface area contributed by atoms with E-state index >= 15 is 0 Å². The molecule has 2 amide bonds. The van der Waals surface area contributed by atoms with Crippen LogP contribution in [0, 0.1) is 5.41 Å². The van der Waals surface area contributed by atoms with Crippen LogP contribution in [-0.2, 0) is 14.3 Å². The van der Waals surface area contributed by atoms with Gasteiger partial charge in [-0.05, 0) is 26.3 Å². The van der Waals surface area contributed by atoms with Gasteiger partial charge in [-0.2, -0.15) is 0 Å². The Morgan fingerprint density at radius 1 is 1.35 bits per heavy atom. The number of piperidine rings is 1. The second kappa shape index (κ2) is 7.59. The van der Waals surface area contributed by atoms with Gasteiger partial charge < -0.3 is 19.9 Å². The third kappa shape index (κ3) is 4.45. The van der Waals surface area contributed by atoms with Crippen molar-refractivity contribution in [2.24, 2.45) is 5.41 Å². The number of nitrogens with one attached hydrogen (secondary N) is 1. The molecule has 6 nitrogen and oxygen atoms in total. The molecule has 0 aromatic carbocycles. The van der Waals surface area contributed by atoms with E-state index in [-0.39, 0.29) is 18.4 Å². The van der Waals surface area contributed by atoms with E-state index in [0.717, 1.165) is 19.4 Å². The van der Waals surface area contributed by atoms with Crippen LogP contribution in [-0.4, -0.2) is 75.6 Å². The summed E-state index contributed by atoms with van der Waals surface area (Å²) in [5.41, 5.74) is -0.418. The van der Waals surface area contributed by atoms with Crippen LogP contribution in [0.1, 0.15) is 19.8 Å². The molecule has 1 saturated heterocycles. The van der Waals surface area contributed by atoms with Gasteiger partial charge in [0.05, 0.1) is 18.6 Å². The lowest BCUT2D eigenvalue weighted by molar-refractivity contribution is -0.147. The Hall–Kier alpha value is -1.14. The Morgan fingerprint density at radius 3 is 2.55 bits per heavy atom. The third-order valence-electron chi connectivity index (χ3n) is 3.79. The molecule has 1 aliphatic heterocycles. The van der Waals surface area contributed by atoms with Crippen LogP contribution >= 0.6 is 0 Å². The van der Waals surface area contributed by atoms with E-state index in [1.807, 2.05) is 6.92 Å². The Morgan fingerprint density at radius 2 is 2.05 bits per heavy atom. The van der Waals surface area contributed by atoms with E-state index in [4.69, 9.17) is 4.74 Å². The maximum Gasteiger partial charge on any atom is 0.241 e. The summed E-state index contributed by atoms with van der Waals surface area (Å²) in [5, 5.41) is 3.27. The monoisotopic (exact) mass is 285 g/mol. The molecule has 1 unspecified atom stereocenters. The van der Waals surface area contributed by atoms with Gasteiger partial charge in [0.25, 0.3) is 0 Å². The first-order valence-corrected chi connectivity index (χ1v) is 7.10. The van der Waals surface area contributed by atoms with Crippen molar-refractivity contribution in [1.82, 2.24) is 15.1 Å². The van der Waals surface area contributed by atoms with Crippen molar-refractivity contribution < 1.29 is 14.3 Å². The van der Waals surface area contributed by atoms with Crippen LogP contribution in [0.2, 0.25) is 0 Å². The molecule has 1 atom stereocenters. The first-order chi connectivity index (χ1) is 9.40. The zero-order valence-corrected chi connectivity index (χ0v) is 13.1. The van der Waals surface area contributed by atoms with Gasteiger partial charge in [0.15, 0.2) is 0 Å². The Bertz CT molecular complexity index is 339. The summed E-state index contributed by atoms with van der Waals surface area (Å²) in [7, 11) is 5.00. The summed E-state index contributed by atoms with van der Waals surface area (Å²) in [4.78, 5) is 27.8. The van der Waals surface area contributed by atoms with E-state index < -0.39 is 5.41 Å². The fourth-order valence-electron chi connectivity index (χ4n) is 2.38. The minimum atomic E-state index is -0.418. The lowest BCUT2D eigenvalue weighted by atomic mass is 9.81. The normalized spacial score (nSPS) is 22.4. The molecular formula is C14H27N3O3. The molecule has 0 aromatic rings. The summed E-state index contributed by atoms with van der Waals surface area (Å²) < 4.78 is 5.05. The summed E-state index contributed by atoms with van der Waals surface area (Å²) in [6.45, 7) is 4.61. The highest BCUT2D eigenvalue weighted by atomic mass is 16.5. The number of hydrogen-bond acceptors (Lipinski definition) is 4. The maximum atomic E-state index is 12.7. The van der Waals surface area contributed by atoms with Crippen LogP contribution in [0.4, 0.5) is 0 Å². The highest BCUT2D eigenvalue weighted by Gasteiger charge is 2.38. The van der Waals surface area contributed by atoms with Crippen LogP contribution < -0.4 is 5.32 Å². The SMILES string of the molecule is COCCN(CC(=O)N(C)C)C(=O)C1(C)CCCNC1. The average molecular weight is 285 g/mol. The second-order valence-electron chi connectivity index (χ2n) is 5.85. The predicted molar refractivity (Wildman–Crippen MR) is 77.4 cm³/mol. The first kappa shape index (κ1) is 16.9. The van der Waals surface area contributed by atoms with E-state index in [0.29, 0.717) is 19.7 Å². The molecule has 0 spiro atoms. The summed E-state index contributed by atoms with van der Waals surface area (Å²) in [6.07, 6.45) is 1.85. The molecule has 1 N–H and O–H groups in total. The van der Waals surface area contributed by atoms with Gasteiger partial charge in [-0.25, -0.2) is 0 Å². The predicted octanol–water partition coefficient (Wildman–Crippen LogP) is -0.0607. The lowest BCUT2D eigenvalue weighted by Gasteiger charge is -2.37. The standard InChI is InChI=1S/C14H27N3O3/c1-14(6-5-7-15-11-14)13(19)17(8-9-20-4)10-12(18)16(2)3/h15H,5-11H2,1-4H3. The van der Waals surface area contributed by atoms with Crippen molar-refractivity contribution >= 4 is 11.8 Å². The number of amides is 2. The number of likely N-dealkylation sites (N-methyl/N-ethyl adjacent to an activating group) is 1. The third-order valence-corrected chi connectivity index (χ3v) is 3.79. The summed E-state index contributed by atoms with van der Waals surface area (Å²) in [5.74, 6) is -0.0289. The fourth-order valence-corrected chi connectivity index (χ4v) is 2.38. The molecule has 0 saturated carbocycles. The smallest absolute Gasteiger partial charge is 0.241 e. The molecule has 1 aliphatic rings. The van der Waals surface area contributed by atoms with E-state index in [2.05, 4.69) is 5.32 Å². The number of ether oxygens (including phenoxy) is 1. The van der Waals surface area contributed by atoms with Crippen molar-refractivity contribution in [2.75, 3.05) is 54.0 Å². The topological polar surface area (TPSA) is 61.9 Å². The van der Waals surface area contributed by atoms with Gasteiger partial charge in [0.2, 0.25) is 11.8 Å². The number of hydrogen-bond donors (Lipinski definition) is 1. The van der Waals surface area contributed by atoms with Crippen LogP contribution in [0.3, 0.4) is 0 Å². The van der Waals surface area contributed by atoms with Crippen molar-refractivity contribution in [3.05, 3.63) is 0 Å². The molecule has 0 aliphatic carbocycles. The van der Waals surface area contributed by atoms with Gasteiger partial charge in [-0.15, -0.1) is 0 Å². The van der Waals surface area contributed by atoms with Crippen molar-refractivity contribution in [3.8, 4) is 0 Å². The van der Waals surface area contributed by atoms with E-state index in [1.54, 1.807) is 26.1 Å². The molecule has 0 radical (unpaired) electrons. The quantitative estimate of drug-likeness (QED) is 0.743. The molecule has 1 rings (SSSR count). The number of carbonyl (C=O) groups is 2. The van der Waals surface area contributed by atoms with Crippen molar-refractivity contribution in [3.63, 3.8) is 0 Å². The molecule has 20 heavy (non-hydrogen) atoms. The zero-order chi connectivity index (χ0) is 15.2. The largest absolute Gasteiger partial charge is 0.383 e. The molecule has 116 valence electrons.